The molecule has 154 valence electrons. The second-order valence-corrected chi connectivity index (χ2v) is 7.85. The molecule has 0 bridgehead atoms. The van der Waals surface area contributed by atoms with Gasteiger partial charge in [-0.05, 0) is 66.4 Å². The van der Waals surface area contributed by atoms with Gasteiger partial charge in [-0.15, -0.1) is 0 Å². The Labute approximate surface area is 178 Å². The molecule has 0 unspecified atom stereocenters. The highest BCUT2D eigenvalue weighted by Gasteiger charge is 2.14. The number of rotatable bonds is 7. The fourth-order valence-corrected chi connectivity index (χ4v) is 3.75. The number of para-hydroxylation sites is 2. The van der Waals surface area contributed by atoms with Gasteiger partial charge in [-0.25, -0.2) is 4.98 Å². The van der Waals surface area contributed by atoms with Crippen molar-refractivity contribution < 1.29 is 9.47 Å². The number of benzene rings is 3. The summed E-state index contributed by atoms with van der Waals surface area (Å²) in [4.78, 5) is 4.89. The van der Waals surface area contributed by atoms with E-state index < -0.39 is 0 Å². The molecule has 1 aromatic heterocycles. The van der Waals surface area contributed by atoms with Crippen LogP contribution in [0.15, 0.2) is 66.7 Å². The molecule has 0 saturated carbocycles. The zero-order chi connectivity index (χ0) is 21.1. The van der Waals surface area contributed by atoms with E-state index in [2.05, 4.69) is 73.9 Å². The van der Waals surface area contributed by atoms with Crippen LogP contribution in [0.5, 0.6) is 11.5 Å². The molecule has 0 radical (unpaired) electrons. The van der Waals surface area contributed by atoms with Crippen molar-refractivity contribution in [1.82, 2.24) is 9.55 Å². The van der Waals surface area contributed by atoms with Gasteiger partial charge in [0.1, 0.15) is 23.9 Å². The van der Waals surface area contributed by atoms with Crippen LogP contribution in [-0.4, -0.2) is 23.3 Å². The summed E-state index contributed by atoms with van der Waals surface area (Å²) in [5, 5.41) is 0. The minimum atomic E-state index is 0.421. The zero-order valence-corrected chi connectivity index (χ0v) is 18.1. The lowest BCUT2D eigenvalue weighted by molar-refractivity contribution is 0.296. The quantitative estimate of drug-likeness (QED) is 0.369. The van der Waals surface area contributed by atoms with Crippen LogP contribution in [0.25, 0.3) is 22.4 Å². The summed E-state index contributed by atoms with van der Waals surface area (Å²) < 4.78 is 13.8. The maximum absolute atomic E-state index is 6.26. The van der Waals surface area contributed by atoms with Crippen LogP contribution in [0.3, 0.4) is 0 Å². The van der Waals surface area contributed by atoms with E-state index in [4.69, 9.17) is 14.5 Å². The van der Waals surface area contributed by atoms with Crippen molar-refractivity contribution in [3.63, 3.8) is 0 Å². The summed E-state index contributed by atoms with van der Waals surface area (Å²) >= 11 is 0. The van der Waals surface area contributed by atoms with Crippen LogP contribution < -0.4 is 9.47 Å². The molecule has 1 heterocycles. The first-order valence-electron chi connectivity index (χ1n) is 10.4. The van der Waals surface area contributed by atoms with E-state index in [1.54, 1.807) is 7.11 Å². The smallest absolute Gasteiger partial charge is 0.141 e. The number of nitrogens with zero attached hydrogens (tertiary/aromatic N) is 2. The lowest BCUT2D eigenvalue weighted by Gasteiger charge is -2.16. The number of imidazole rings is 1. The number of fused-ring (bicyclic) bond motifs is 1. The Hall–Kier alpha value is -3.27. The average Bonchev–Trinajstić information content (AvgIpc) is 3.12. The highest BCUT2D eigenvalue weighted by atomic mass is 16.5. The summed E-state index contributed by atoms with van der Waals surface area (Å²) in [6, 6.07) is 22.7. The van der Waals surface area contributed by atoms with E-state index >= 15 is 0 Å². The van der Waals surface area contributed by atoms with Crippen LogP contribution in [0.4, 0.5) is 0 Å². The molecule has 0 amide bonds. The van der Waals surface area contributed by atoms with Crippen LogP contribution >= 0.6 is 0 Å². The molecular weight excluding hydrogens is 372 g/mol. The third-order valence-electron chi connectivity index (χ3n) is 5.37. The van der Waals surface area contributed by atoms with Crippen molar-refractivity contribution in [3.05, 3.63) is 77.9 Å². The molecule has 4 nitrogen and oxygen atoms in total. The van der Waals surface area contributed by atoms with Crippen molar-refractivity contribution in [2.75, 3.05) is 13.7 Å². The Bertz CT molecular complexity index is 1140. The van der Waals surface area contributed by atoms with Crippen LogP contribution in [0.2, 0.25) is 0 Å². The zero-order valence-electron chi connectivity index (χ0n) is 18.1. The molecule has 4 rings (SSSR count). The van der Waals surface area contributed by atoms with Gasteiger partial charge in [0.05, 0.1) is 24.7 Å². The molecule has 0 spiro atoms. The Balaban J connectivity index is 1.63. The SMILES string of the molecule is COc1ccc(-c2nc3ccccc3n2CCOc2cc(C)ccc2C(C)C)cc1. The molecule has 0 N–H and O–H groups in total. The van der Waals surface area contributed by atoms with Gasteiger partial charge < -0.3 is 14.0 Å². The first-order chi connectivity index (χ1) is 14.6. The Morgan fingerprint density at radius 2 is 1.73 bits per heavy atom. The number of hydrogen-bond donors (Lipinski definition) is 0. The third-order valence-corrected chi connectivity index (χ3v) is 5.37. The van der Waals surface area contributed by atoms with Crippen molar-refractivity contribution in [1.29, 1.82) is 0 Å². The predicted molar refractivity (Wildman–Crippen MR) is 122 cm³/mol. The molecular formula is C26H28N2O2. The number of ether oxygens (including phenoxy) is 2. The molecule has 0 aliphatic rings. The van der Waals surface area contributed by atoms with Gasteiger partial charge in [0.25, 0.3) is 0 Å². The van der Waals surface area contributed by atoms with Gasteiger partial charge in [0, 0.05) is 5.56 Å². The average molecular weight is 401 g/mol. The summed E-state index contributed by atoms with van der Waals surface area (Å²) in [5.41, 5.74) is 5.61. The second kappa shape index (κ2) is 8.62. The van der Waals surface area contributed by atoms with Gasteiger partial charge in [0.15, 0.2) is 0 Å². The minimum Gasteiger partial charge on any atom is -0.497 e. The Kier molecular flexibility index (Phi) is 5.75. The fourth-order valence-electron chi connectivity index (χ4n) is 3.75. The number of hydrogen-bond acceptors (Lipinski definition) is 3. The topological polar surface area (TPSA) is 36.3 Å². The lowest BCUT2D eigenvalue weighted by Crippen LogP contribution is -2.10. The predicted octanol–water partition coefficient (Wildman–Crippen LogP) is 6.22. The third kappa shape index (κ3) is 4.04. The van der Waals surface area contributed by atoms with Crippen molar-refractivity contribution >= 4 is 11.0 Å². The van der Waals surface area contributed by atoms with Crippen LogP contribution in [0.1, 0.15) is 30.9 Å². The maximum atomic E-state index is 6.26. The lowest BCUT2D eigenvalue weighted by atomic mass is 10.0. The van der Waals surface area contributed by atoms with E-state index in [1.807, 2.05) is 18.2 Å². The molecule has 30 heavy (non-hydrogen) atoms. The number of aromatic nitrogens is 2. The second-order valence-electron chi connectivity index (χ2n) is 7.85. The molecule has 4 heteroatoms. The highest BCUT2D eigenvalue weighted by Crippen LogP contribution is 2.29. The van der Waals surface area contributed by atoms with Crippen molar-refractivity contribution in [3.8, 4) is 22.9 Å². The normalized spacial score (nSPS) is 11.2. The molecule has 4 aromatic rings. The van der Waals surface area contributed by atoms with Gasteiger partial charge in [-0.2, -0.15) is 0 Å². The summed E-state index contributed by atoms with van der Waals surface area (Å²) in [6.07, 6.45) is 0. The van der Waals surface area contributed by atoms with E-state index in [9.17, 15) is 0 Å². The van der Waals surface area contributed by atoms with Gasteiger partial charge in [0.2, 0.25) is 0 Å². The Morgan fingerprint density at radius 1 is 0.967 bits per heavy atom. The van der Waals surface area contributed by atoms with Crippen molar-refractivity contribution in [2.24, 2.45) is 0 Å². The molecule has 3 aromatic carbocycles. The summed E-state index contributed by atoms with van der Waals surface area (Å²) in [6.45, 7) is 7.79. The molecule has 0 fully saturated rings. The molecule has 0 aliphatic carbocycles. The fraction of sp³-hybridized carbons (Fsp3) is 0.269. The highest BCUT2D eigenvalue weighted by molar-refractivity contribution is 5.80. The number of methoxy groups -OCH3 is 1. The van der Waals surface area contributed by atoms with Crippen molar-refractivity contribution in [2.45, 2.75) is 33.2 Å². The summed E-state index contributed by atoms with van der Waals surface area (Å²) in [7, 11) is 1.68. The van der Waals surface area contributed by atoms with E-state index in [0.717, 1.165) is 33.9 Å². The van der Waals surface area contributed by atoms with Gasteiger partial charge in [-0.1, -0.05) is 38.1 Å². The molecule has 0 saturated heterocycles. The number of aryl methyl sites for hydroxylation is 1. The van der Waals surface area contributed by atoms with Gasteiger partial charge in [-0.3, -0.25) is 0 Å². The molecule has 0 atom stereocenters. The summed E-state index contributed by atoms with van der Waals surface area (Å²) in [5.74, 6) is 3.17. The minimum absolute atomic E-state index is 0.421. The first-order valence-corrected chi connectivity index (χ1v) is 10.4. The standard InChI is InChI=1S/C26H28N2O2/c1-18(2)22-14-9-19(3)17-25(22)30-16-15-28-24-8-6-5-7-23(24)27-26(28)20-10-12-21(29-4)13-11-20/h5-14,17-18H,15-16H2,1-4H3. The van der Waals surface area contributed by atoms with Gasteiger partial charge >= 0.3 is 0 Å². The largest absolute Gasteiger partial charge is 0.497 e. The monoisotopic (exact) mass is 400 g/mol. The van der Waals surface area contributed by atoms with E-state index in [0.29, 0.717) is 19.1 Å². The molecule has 0 aliphatic heterocycles. The first kappa shape index (κ1) is 20.0. The van der Waals surface area contributed by atoms with E-state index in [1.165, 1.54) is 11.1 Å². The Morgan fingerprint density at radius 3 is 2.47 bits per heavy atom. The van der Waals surface area contributed by atoms with Crippen LogP contribution in [-0.2, 0) is 6.54 Å². The maximum Gasteiger partial charge on any atom is 0.141 e. The van der Waals surface area contributed by atoms with Crippen LogP contribution in [0, 0.1) is 6.92 Å². The van der Waals surface area contributed by atoms with E-state index in [-0.39, 0.29) is 0 Å².